The van der Waals surface area contributed by atoms with E-state index in [4.69, 9.17) is 11.5 Å². The highest BCUT2D eigenvalue weighted by molar-refractivity contribution is 5.97. The number of nitrogens with zero attached hydrogens (tertiary/aromatic N) is 1. The first-order valence-electron chi connectivity index (χ1n) is 11.9. The van der Waals surface area contributed by atoms with Crippen molar-refractivity contribution in [3.05, 3.63) is 36.0 Å². The Balaban J connectivity index is 1.86. The van der Waals surface area contributed by atoms with Gasteiger partial charge in [-0.1, -0.05) is 18.2 Å². The van der Waals surface area contributed by atoms with E-state index in [-0.39, 0.29) is 19.4 Å². The Labute approximate surface area is 212 Å². The number of carbonyl (C=O) groups excluding carboxylic acids is 4. The monoisotopic (exact) mass is 516 g/mol. The highest BCUT2D eigenvalue weighted by Crippen LogP contribution is 2.21. The van der Waals surface area contributed by atoms with Gasteiger partial charge < -0.3 is 42.2 Å². The number of para-hydroxylation sites is 1. The van der Waals surface area contributed by atoms with Crippen molar-refractivity contribution < 1.29 is 34.2 Å². The summed E-state index contributed by atoms with van der Waals surface area (Å²) in [5.74, 6) is -4.42. The highest BCUT2D eigenvalue weighted by Gasteiger charge is 2.39. The Morgan fingerprint density at radius 1 is 1.14 bits per heavy atom. The van der Waals surface area contributed by atoms with Crippen LogP contribution < -0.4 is 22.1 Å². The van der Waals surface area contributed by atoms with E-state index < -0.39 is 66.3 Å². The molecule has 0 spiro atoms. The van der Waals surface area contributed by atoms with Crippen LogP contribution in [0.15, 0.2) is 30.5 Å². The molecule has 0 aliphatic carbocycles. The molecule has 2 heterocycles. The maximum Gasteiger partial charge on any atom is 0.326 e. The number of fused-ring (bicyclic) bond motifs is 1. The average Bonchev–Trinajstić information content (AvgIpc) is 3.49. The number of nitrogens with two attached hydrogens (primary N) is 2. The second-order valence-electron chi connectivity index (χ2n) is 9.15. The highest BCUT2D eigenvalue weighted by atomic mass is 16.4. The third-order valence-electron chi connectivity index (χ3n) is 6.40. The molecule has 37 heavy (non-hydrogen) atoms. The zero-order chi connectivity index (χ0) is 27.3. The van der Waals surface area contributed by atoms with Crippen LogP contribution in [-0.2, 0) is 30.4 Å². The average molecular weight is 517 g/mol. The van der Waals surface area contributed by atoms with Gasteiger partial charge in [-0.15, -0.1) is 0 Å². The lowest BCUT2D eigenvalue weighted by Gasteiger charge is -2.28. The Morgan fingerprint density at radius 2 is 1.81 bits per heavy atom. The predicted molar refractivity (Wildman–Crippen MR) is 132 cm³/mol. The summed E-state index contributed by atoms with van der Waals surface area (Å²) in [6.07, 6.45) is 0.621. The van der Waals surface area contributed by atoms with Gasteiger partial charge in [-0.05, 0) is 31.4 Å². The molecular formula is C24H32N6O7. The number of amides is 4. The molecule has 200 valence electrons. The van der Waals surface area contributed by atoms with Gasteiger partial charge in [-0.3, -0.25) is 19.2 Å². The number of aromatic amines is 1. The van der Waals surface area contributed by atoms with Gasteiger partial charge in [0.25, 0.3) is 0 Å². The second-order valence-corrected chi connectivity index (χ2v) is 9.15. The molecule has 1 aliphatic heterocycles. The predicted octanol–water partition coefficient (Wildman–Crippen LogP) is -1.66. The minimum absolute atomic E-state index is 0.00688. The molecule has 9 N–H and O–H groups in total. The SMILES string of the molecule is CC(O)C(N)C(=O)NC(Cc1c[nH]c2ccccc12)C(=O)NC(CC(N)=O)C(=O)N1CCCC1C(=O)O. The van der Waals surface area contributed by atoms with Crippen LogP contribution in [0.25, 0.3) is 10.9 Å². The molecule has 0 saturated carbocycles. The molecule has 13 nitrogen and oxygen atoms in total. The van der Waals surface area contributed by atoms with E-state index in [1.807, 2.05) is 24.3 Å². The summed E-state index contributed by atoms with van der Waals surface area (Å²) < 4.78 is 0. The normalized spacial score (nSPS) is 18.6. The zero-order valence-electron chi connectivity index (χ0n) is 20.3. The largest absolute Gasteiger partial charge is 0.480 e. The minimum Gasteiger partial charge on any atom is -0.480 e. The molecule has 4 amide bonds. The fourth-order valence-corrected chi connectivity index (χ4v) is 4.38. The maximum atomic E-state index is 13.4. The quantitative estimate of drug-likeness (QED) is 0.183. The summed E-state index contributed by atoms with van der Waals surface area (Å²) in [5, 5.41) is 24.9. The van der Waals surface area contributed by atoms with Crippen molar-refractivity contribution in [1.82, 2.24) is 20.5 Å². The summed E-state index contributed by atoms with van der Waals surface area (Å²) in [7, 11) is 0. The van der Waals surface area contributed by atoms with E-state index in [0.717, 1.165) is 15.8 Å². The van der Waals surface area contributed by atoms with E-state index in [2.05, 4.69) is 15.6 Å². The number of hydrogen-bond donors (Lipinski definition) is 7. The Kier molecular flexibility index (Phi) is 8.84. The smallest absolute Gasteiger partial charge is 0.326 e. The van der Waals surface area contributed by atoms with Crippen LogP contribution >= 0.6 is 0 Å². The molecule has 13 heteroatoms. The van der Waals surface area contributed by atoms with Crippen LogP contribution in [0.1, 0.15) is 31.7 Å². The zero-order valence-corrected chi connectivity index (χ0v) is 20.3. The minimum atomic E-state index is -1.43. The van der Waals surface area contributed by atoms with Crippen LogP contribution in [0.4, 0.5) is 0 Å². The van der Waals surface area contributed by atoms with E-state index in [0.29, 0.717) is 12.0 Å². The first-order chi connectivity index (χ1) is 17.5. The lowest BCUT2D eigenvalue weighted by Crippen LogP contribution is -2.59. The van der Waals surface area contributed by atoms with Crippen molar-refractivity contribution in [2.24, 2.45) is 11.5 Å². The Bertz CT molecular complexity index is 1180. The van der Waals surface area contributed by atoms with Crippen molar-refractivity contribution in [3.8, 4) is 0 Å². The maximum absolute atomic E-state index is 13.4. The molecular weight excluding hydrogens is 484 g/mol. The van der Waals surface area contributed by atoms with E-state index in [9.17, 15) is 34.2 Å². The number of rotatable bonds is 11. The number of H-pyrrole nitrogens is 1. The van der Waals surface area contributed by atoms with Crippen molar-refractivity contribution in [3.63, 3.8) is 0 Å². The molecule has 1 aromatic carbocycles. The Morgan fingerprint density at radius 3 is 2.46 bits per heavy atom. The summed E-state index contributed by atoms with van der Waals surface area (Å²) >= 11 is 0. The number of primary amides is 1. The Hall–Kier alpha value is -3.97. The third-order valence-corrected chi connectivity index (χ3v) is 6.40. The van der Waals surface area contributed by atoms with Gasteiger partial charge in [-0.25, -0.2) is 4.79 Å². The van der Waals surface area contributed by atoms with E-state index in [1.54, 1.807) is 6.20 Å². The van der Waals surface area contributed by atoms with Crippen LogP contribution in [0.3, 0.4) is 0 Å². The number of benzene rings is 1. The summed E-state index contributed by atoms with van der Waals surface area (Å²) in [6, 6.07) is 2.25. The molecule has 1 fully saturated rings. The molecule has 5 unspecified atom stereocenters. The van der Waals surface area contributed by atoms with Crippen molar-refractivity contribution in [2.45, 2.75) is 62.9 Å². The van der Waals surface area contributed by atoms with E-state index in [1.165, 1.54) is 6.92 Å². The molecule has 0 bridgehead atoms. The summed E-state index contributed by atoms with van der Waals surface area (Å²) in [5.41, 5.74) is 12.5. The van der Waals surface area contributed by atoms with Gasteiger partial charge in [0, 0.05) is 30.1 Å². The number of nitrogens with one attached hydrogen (secondary N) is 3. The number of aliphatic hydroxyl groups is 1. The lowest BCUT2D eigenvalue weighted by molar-refractivity contribution is -0.149. The number of aliphatic carboxylic acids is 1. The number of carboxylic acids is 1. The van der Waals surface area contributed by atoms with Gasteiger partial charge >= 0.3 is 5.97 Å². The van der Waals surface area contributed by atoms with E-state index >= 15 is 0 Å². The van der Waals surface area contributed by atoms with Crippen LogP contribution in [0.5, 0.6) is 0 Å². The molecule has 0 radical (unpaired) electrons. The van der Waals surface area contributed by atoms with Crippen molar-refractivity contribution >= 4 is 40.5 Å². The van der Waals surface area contributed by atoms with Gasteiger partial charge in [0.1, 0.15) is 24.2 Å². The van der Waals surface area contributed by atoms with Crippen LogP contribution in [0.2, 0.25) is 0 Å². The van der Waals surface area contributed by atoms with Crippen molar-refractivity contribution in [2.75, 3.05) is 6.54 Å². The first kappa shape index (κ1) is 27.6. The molecule has 1 aromatic heterocycles. The molecule has 1 aliphatic rings. The van der Waals surface area contributed by atoms with Gasteiger partial charge in [-0.2, -0.15) is 0 Å². The molecule has 2 aromatic rings. The fourth-order valence-electron chi connectivity index (χ4n) is 4.38. The van der Waals surface area contributed by atoms with Crippen LogP contribution in [0, 0.1) is 0 Å². The number of hydrogen-bond acceptors (Lipinski definition) is 7. The van der Waals surface area contributed by atoms with Crippen LogP contribution in [-0.4, -0.2) is 86.5 Å². The topological polar surface area (TPSA) is 221 Å². The first-order valence-corrected chi connectivity index (χ1v) is 11.9. The number of carbonyl (C=O) groups is 5. The third kappa shape index (κ3) is 6.62. The number of aliphatic hydroxyl groups excluding tert-OH is 1. The van der Waals surface area contributed by atoms with Gasteiger partial charge in [0.15, 0.2) is 0 Å². The standard InChI is InChI=1S/C24H32N6O7/c1-12(31)20(26)22(34)28-16(9-13-11-27-15-6-3-2-5-14(13)15)21(33)29-17(10-19(25)32)23(35)30-8-4-7-18(30)24(36)37/h2-3,5-6,11-12,16-18,20,27,31H,4,7-10,26H2,1H3,(H2,25,32)(H,28,34)(H,29,33)(H,36,37). The summed E-state index contributed by atoms with van der Waals surface area (Å²) in [6.45, 7) is 1.48. The number of aromatic nitrogens is 1. The summed E-state index contributed by atoms with van der Waals surface area (Å²) in [4.78, 5) is 66.6. The number of likely N-dealkylation sites (tertiary alicyclic amines) is 1. The second kappa shape index (κ2) is 11.8. The molecule has 1 saturated heterocycles. The van der Waals surface area contributed by atoms with Crippen molar-refractivity contribution in [1.29, 1.82) is 0 Å². The number of carboxylic acid groups (broad SMARTS) is 1. The van der Waals surface area contributed by atoms with Gasteiger partial charge in [0.2, 0.25) is 23.6 Å². The molecule has 5 atom stereocenters. The lowest BCUT2D eigenvalue weighted by atomic mass is 10.0. The van der Waals surface area contributed by atoms with Gasteiger partial charge in [0.05, 0.1) is 12.5 Å². The molecule has 3 rings (SSSR count). The fraction of sp³-hybridized carbons (Fsp3) is 0.458.